The van der Waals surface area contributed by atoms with Gasteiger partial charge in [-0.15, -0.1) is 0 Å². The summed E-state index contributed by atoms with van der Waals surface area (Å²) in [5, 5.41) is 3.29. The lowest BCUT2D eigenvalue weighted by Gasteiger charge is -2.28. The molecule has 104 valence electrons. The van der Waals surface area contributed by atoms with Gasteiger partial charge in [-0.1, -0.05) is 26.2 Å². The first-order chi connectivity index (χ1) is 9.25. The molecule has 2 saturated carbocycles. The second-order valence-electron chi connectivity index (χ2n) is 6.12. The molecule has 1 heterocycles. The zero-order valence-corrected chi connectivity index (χ0v) is 11.6. The Morgan fingerprint density at radius 3 is 2.84 bits per heavy atom. The fourth-order valence-corrected chi connectivity index (χ4v) is 3.11. The van der Waals surface area contributed by atoms with E-state index in [4.69, 9.17) is 0 Å². The average molecular weight is 261 g/mol. The Labute approximate surface area is 114 Å². The number of aromatic nitrogens is 2. The molecule has 0 aromatic carbocycles. The van der Waals surface area contributed by atoms with Crippen LogP contribution in [0.1, 0.15) is 51.5 Å². The van der Waals surface area contributed by atoms with Gasteiger partial charge in [0, 0.05) is 25.0 Å². The molecule has 0 amide bonds. The van der Waals surface area contributed by atoms with E-state index < -0.39 is 0 Å². The average Bonchev–Trinajstić information content (AvgIpc) is 3.24. The fraction of sp³-hybridized carbons (Fsp3) is 0.733. The van der Waals surface area contributed by atoms with Crippen molar-refractivity contribution >= 4 is 5.82 Å². The van der Waals surface area contributed by atoms with Crippen LogP contribution >= 0.6 is 0 Å². The molecule has 4 heteroatoms. The van der Waals surface area contributed by atoms with E-state index in [1.165, 1.54) is 25.7 Å². The topological polar surface area (TPSA) is 46.9 Å². The summed E-state index contributed by atoms with van der Waals surface area (Å²) in [6, 6.07) is 0.421. The standard InChI is InChI=1S/C15H23N3O/c1-11-4-2-3-5-12(11)10-17-14-15(19)18(9-8-16-14)13-6-7-13/h8-9,11-13H,2-7,10H2,1H3,(H,16,17). The number of hydrogen-bond acceptors (Lipinski definition) is 3. The van der Waals surface area contributed by atoms with Crippen molar-refractivity contribution < 1.29 is 0 Å². The molecule has 1 N–H and O–H groups in total. The Morgan fingerprint density at radius 1 is 1.32 bits per heavy atom. The number of hydrogen-bond donors (Lipinski definition) is 1. The largest absolute Gasteiger partial charge is 0.365 e. The lowest BCUT2D eigenvalue weighted by Crippen LogP contribution is -2.29. The van der Waals surface area contributed by atoms with Gasteiger partial charge in [0.1, 0.15) is 0 Å². The molecule has 0 bridgehead atoms. The SMILES string of the molecule is CC1CCCCC1CNc1nccn(C2CC2)c1=O. The minimum absolute atomic E-state index is 0.0495. The van der Waals surface area contributed by atoms with Crippen LogP contribution in [-0.4, -0.2) is 16.1 Å². The molecule has 1 aromatic rings. The third kappa shape index (κ3) is 2.82. The van der Waals surface area contributed by atoms with Gasteiger partial charge in [0.25, 0.3) is 5.56 Å². The Balaban J connectivity index is 1.66. The Morgan fingerprint density at radius 2 is 2.11 bits per heavy atom. The van der Waals surface area contributed by atoms with Gasteiger partial charge in [0.15, 0.2) is 5.82 Å². The van der Waals surface area contributed by atoms with Crippen molar-refractivity contribution in [2.24, 2.45) is 11.8 Å². The highest BCUT2D eigenvalue weighted by Gasteiger charge is 2.26. The zero-order valence-electron chi connectivity index (χ0n) is 11.6. The van der Waals surface area contributed by atoms with Crippen molar-refractivity contribution in [2.75, 3.05) is 11.9 Å². The molecule has 0 spiro atoms. The molecule has 0 aliphatic heterocycles. The lowest BCUT2D eigenvalue weighted by molar-refractivity contribution is 0.268. The van der Waals surface area contributed by atoms with E-state index in [2.05, 4.69) is 17.2 Å². The van der Waals surface area contributed by atoms with Crippen LogP contribution in [0.3, 0.4) is 0 Å². The predicted molar refractivity (Wildman–Crippen MR) is 76.4 cm³/mol. The summed E-state index contributed by atoms with van der Waals surface area (Å²) in [6.45, 7) is 3.21. The maximum atomic E-state index is 12.2. The van der Waals surface area contributed by atoms with Crippen LogP contribution in [-0.2, 0) is 0 Å². The monoisotopic (exact) mass is 261 g/mol. The molecule has 0 saturated heterocycles. The first kappa shape index (κ1) is 12.7. The third-order valence-electron chi connectivity index (χ3n) is 4.63. The normalized spacial score (nSPS) is 27.2. The second-order valence-corrected chi connectivity index (χ2v) is 6.12. The highest BCUT2D eigenvalue weighted by Crippen LogP contribution is 2.33. The molecular weight excluding hydrogens is 238 g/mol. The lowest BCUT2D eigenvalue weighted by atomic mass is 9.80. The fourth-order valence-electron chi connectivity index (χ4n) is 3.11. The van der Waals surface area contributed by atoms with Crippen LogP contribution in [0.15, 0.2) is 17.2 Å². The molecule has 2 fully saturated rings. The van der Waals surface area contributed by atoms with E-state index in [0.717, 1.165) is 25.3 Å². The predicted octanol–water partition coefficient (Wildman–Crippen LogP) is 2.82. The van der Waals surface area contributed by atoms with E-state index in [1.54, 1.807) is 6.20 Å². The summed E-state index contributed by atoms with van der Waals surface area (Å²) < 4.78 is 1.83. The number of anilines is 1. The summed E-state index contributed by atoms with van der Waals surface area (Å²) in [7, 11) is 0. The first-order valence-electron chi connectivity index (χ1n) is 7.56. The van der Waals surface area contributed by atoms with Crippen molar-refractivity contribution in [3.05, 3.63) is 22.7 Å². The molecule has 2 aliphatic carbocycles. The molecule has 2 unspecified atom stereocenters. The number of rotatable bonds is 4. The summed E-state index contributed by atoms with van der Waals surface area (Å²) >= 11 is 0. The Bertz CT molecular complexity index is 492. The van der Waals surface area contributed by atoms with E-state index in [-0.39, 0.29) is 5.56 Å². The maximum Gasteiger partial charge on any atom is 0.293 e. The molecule has 19 heavy (non-hydrogen) atoms. The number of nitrogens with one attached hydrogen (secondary N) is 1. The molecule has 0 radical (unpaired) electrons. The zero-order chi connectivity index (χ0) is 13.2. The van der Waals surface area contributed by atoms with E-state index in [0.29, 0.717) is 17.8 Å². The van der Waals surface area contributed by atoms with Gasteiger partial charge < -0.3 is 9.88 Å². The van der Waals surface area contributed by atoms with E-state index in [9.17, 15) is 4.79 Å². The van der Waals surface area contributed by atoms with Gasteiger partial charge in [-0.25, -0.2) is 4.98 Å². The van der Waals surface area contributed by atoms with Gasteiger partial charge in [0.2, 0.25) is 0 Å². The maximum absolute atomic E-state index is 12.2. The molecule has 1 aromatic heterocycles. The van der Waals surface area contributed by atoms with Gasteiger partial charge in [-0.05, 0) is 31.1 Å². The van der Waals surface area contributed by atoms with Gasteiger partial charge >= 0.3 is 0 Å². The highest BCUT2D eigenvalue weighted by atomic mass is 16.1. The van der Waals surface area contributed by atoms with Gasteiger partial charge in [-0.3, -0.25) is 4.79 Å². The summed E-state index contributed by atoms with van der Waals surface area (Å²) in [6.07, 6.45) is 11.1. The van der Waals surface area contributed by atoms with Crippen LogP contribution in [0.25, 0.3) is 0 Å². The summed E-state index contributed by atoms with van der Waals surface area (Å²) in [5.74, 6) is 1.98. The van der Waals surface area contributed by atoms with Crippen LogP contribution in [0.4, 0.5) is 5.82 Å². The van der Waals surface area contributed by atoms with Crippen LogP contribution < -0.4 is 10.9 Å². The quantitative estimate of drug-likeness (QED) is 0.906. The van der Waals surface area contributed by atoms with E-state index in [1.807, 2.05) is 10.8 Å². The minimum Gasteiger partial charge on any atom is -0.365 e. The van der Waals surface area contributed by atoms with Crippen LogP contribution in [0.2, 0.25) is 0 Å². The Hall–Kier alpha value is -1.32. The van der Waals surface area contributed by atoms with Gasteiger partial charge in [-0.2, -0.15) is 0 Å². The molecular formula is C15H23N3O. The molecule has 3 rings (SSSR count). The molecule has 2 aliphatic rings. The molecule has 4 nitrogen and oxygen atoms in total. The van der Waals surface area contributed by atoms with Crippen LogP contribution in [0.5, 0.6) is 0 Å². The van der Waals surface area contributed by atoms with Crippen molar-refractivity contribution in [3.8, 4) is 0 Å². The van der Waals surface area contributed by atoms with Crippen molar-refractivity contribution in [1.82, 2.24) is 9.55 Å². The van der Waals surface area contributed by atoms with E-state index >= 15 is 0 Å². The minimum atomic E-state index is 0.0495. The number of nitrogens with zero attached hydrogens (tertiary/aromatic N) is 2. The second kappa shape index (κ2) is 5.35. The smallest absolute Gasteiger partial charge is 0.293 e. The summed E-state index contributed by atoms with van der Waals surface area (Å²) in [5.41, 5.74) is 0.0495. The Kier molecular flexibility index (Phi) is 3.58. The summed E-state index contributed by atoms with van der Waals surface area (Å²) in [4.78, 5) is 16.5. The molecule has 2 atom stereocenters. The van der Waals surface area contributed by atoms with Crippen molar-refractivity contribution in [3.63, 3.8) is 0 Å². The first-order valence-corrected chi connectivity index (χ1v) is 7.56. The van der Waals surface area contributed by atoms with Crippen LogP contribution in [0, 0.1) is 11.8 Å². The van der Waals surface area contributed by atoms with Crippen molar-refractivity contribution in [2.45, 2.75) is 51.5 Å². The highest BCUT2D eigenvalue weighted by molar-refractivity contribution is 5.31. The van der Waals surface area contributed by atoms with Gasteiger partial charge in [0.05, 0.1) is 0 Å². The van der Waals surface area contributed by atoms with Crippen molar-refractivity contribution in [1.29, 1.82) is 0 Å². The third-order valence-corrected chi connectivity index (χ3v) is 4.63.